The lowest BCUT2D eigenvalue weighted by molar-refractivity contribution is -0.142. The fraction of sp³-hybridized carbons (Fsp3) is 0.154. The quantitative estimate of drug-likeness (QED) is 0.248. The molecule has 13 heteroatoms. The van der Waals surface area contributed by atoms with Gasteiger partial charge in [0.05, 0.1) is 30.9 Å². The highest BCUT2D eigenvalue weighted by atomic mass is 19.4. The number of nitrogens with one attached hydrogen (secondary N) is 1. The van der Waals surface area contributed by atoms with Gasteiger partial charge in [0, 0.05) is 29.4 Å². The molecule has 6 nitrogen and oxygen atoms in total. The second-order valence-corrected chi connectivity index (χ2v) is 8.00. The summed E-state index contributed by atoms with van der Waals surface area (Å²) >= 11 is 0. The molecule has 0 atom stereocenters. The van der Waals surface area contributed by atoms with Crippen molar-refractivity contribution in [3.8, 4) is 23.0 Å². The highest BCUT2D eigenvalue weighted by molar-refractivity contribution is 5.97. The van der Waals surface area contributed by atoms with Crippen molar-refractivity contribution in [2.45, 2.75) is 12.1 Å². The zero-order valence-corrected chi connectivity index (χ0v) is 20.0. The summed E-state index contributed by atoms with van der Waals surface area (Å²) in [6, 6.07) is 7.94. The highest BCUT2D eigenvalue weighted by Gasteiger charge is 2.44. The van der Waals surface area contributed by atoms with E-state index in [1.807, 2.05) is 0 Å². The molecule has 1 amide bonds. The molecular formula is C26H17F7N2O4. The van der Waals surface area contributed by atoms with Crippen LogP contribution in [-0.2, 0) is 16.9 Å². The number of rotatable bonds is 7. The number of pyridine rings is 1. The molecule has 0 spiro atoms. The topological polar surface area (TPSA) is 69.7 Å². The molecule has 204 valence electrons. The molecule has 0 aliphatic rings. The molecule has 0 unspecified atom stereocenters. The van der Waals surface area contributed by atoms with Crippen LogP contribution in [0.15, 0.2) is 60.8 Å². The average molecular weight is 554 g/mol. The van der Waals surface area contributed by atoms with Gasteiger partial charge in [-0.3, -0.25) is 9.78 Å². The lowest BCUT2D eigenvalue weighted by Gasteiger charge is -2.18. The van der Waals surface area contributed by atoms with Crippen molar-refractivity contribution in [3.63, 3.8) is 0 Å². The molecule has 0 saturated carbocycles. The zero-order chi connectivity index (χ0) is 28.5. The Morgan fingerprint density at radius 3 is 2.13 bits per heavy atom. The maximum atomic E-state index is 14.8. The monoisotopic (exact) mass is 554 g/mol. The molecule has 0 bridgehead atoms. The standard InChI is InChI=1S/C26H17F7N2O4/c1-37-22-11-15-20(12-23(22)38-2)34-8-7-21(15)39-14-4-5-16(19(28)10-14)25(29,30)24(36)35-13-3-6-18(27)17(9-13)26(31,32)33/h3-12H,1-2H3,(H,35,36). The minimum Gasteiger partial charge on any atom is -0.493 e. The van der Waals surface area contributed by atoms with Crippen LogP contribution in [0.3, 0.4) is 0 Å². The lowest BCUT2D eigenvalue weighted by atomic mass is 10.1. The van der Waals surface area contributed by atoms with Crippen molar-refractivity contribution in [2.75, 3.05) is 19.5 Å². The molecule has 0 fully saturated rings. The van der Waals surface area contributed by atoms with E-state index in [0.717, 1.165) is 6.07 Å². The molecule has 0 aliphatic carbocycles. The number of benzene rings is 3. The van der Waals surface area contributed by atoms with Gasteiger partial charge in [-0.25, -0.2) is 8.78 Å². The molecule has 4 aromatic rings. The van der Waals surface area contributed by atoms with Gasteiger partial charge in [-0.1, -0.05) is 0 Å². The first-order valence-corrected chi connectivity index (χ1v) is 10.9. The largest absolute Gasteiger partial charge is 0.493 e. The third kappa shape index (κ3) is 5.52. The van der Waals surface area contributed by atoms with Crippen LogP contribution in [0, 0.1) is 11.6 Å². The van der Waals surface area contributed by atoms with Crippen LogP contribution < -0.4 is 19.5 Å². The first-order valence-electron chi connectivity index (χ1n) is 10.9. The number of amides is 1. The number of carbonyl (C=O) groups excluding carboxylic acids is 1. The molecule has 1 aromatic heterocycles. The van der Waals surface area contributed by atoms with Crippen LogP contribution >= 0.6 is 0 Å². The first-order chi connectivity index (χ1) is 18.3. The molecular weight excluding hydrogens is 537 g/mol. The van der Waals surface area contributed by atoms with Crippen molar-refractivity contribution in [2.24, 2.45) is 0 Å². The van der Waals surface area contributed by atoms with Crippen LogP contribution in [0.1, 0.15) is 11.1 Å². The average Bonchev–Trinajstić information content (AvgIpc) is 2.88. The van der Waals surface area contributed by atoms with E-state index in [9.17, 15) is 35.5 Å². The fourth-order valence-corrected chi connectivity index (χ4v) is 3.63. The van der Waals surface area contributed by atoms with Gasteiger partial charge in [-0.05, 0) is 42.5 Å². The van der Waals surface area contributed by atoms with Crippen molar-refractivity contribution in [3.05, 3.63) is 83.6 Å². The number of halogens is 7. The highest BCUT2D eigenvalue weighted by Crippen LogP contribution is 2.39. The number of hydrogen-bond donors (Lipinski definition) is 1. The van der Waals surface area contributed by atoms with Gasteiger partial charge in [0.1, 0.15) is 23.1 Å². The Balaban J connectivity index is 1.59. The van der Waals surface area contributed by atoms with Gasteiger partial charge in [0.25, 0.3) is 5.91 Å². The smallest absolute Gasteiger partial charge is 0.419 e. The minimum absolute atomic E-state index is 0.153. The van der Waals surface area contributed by atoms with Crippen LogP contribution in [0.5, 0.6) is 23.0 Å². The molecule has 0 radical (unpaired) electrons. The predicted octanol–water partition coefficient (Wildman–Crippen LogP) is 7.07. The SMILES string of the molecule is COc1cc2nccc(Oc3ccc(C(F)(F)C(=O)Nc4ccc(F)c(C(F)(F)F)c4)c(F)c3)c2cc1OC. The number of anilines is 1. The Labute approximate surface area is 215 Å². The van der Waals surface area contributed by atoms with Gasteiger partial charge in [0.2, 0.25) is 0 Å². The number of methoxy groups -OCH3 is 2. The summed E-state index contributed by atoms with van der Waals surface area (Å²) in [7, 11) is 2.85. The summed E-state index contributed by atoms with van der Waals surface area (Å²) in [6.45, 7) is 0. The van der Waals surface area contributed by atoms with Crippen LogP contribution in [0.2, 0.25) is 0 Å². The van der Waals surface area contributed by atoms with E-state index in [1.165, 1.54) is 26.5 Å². The second-order valence-electron chi connectivity index (χ2n) is 8.00. The van der Waals surface area contributed by atoms with E-state index in [4.69, 9.17) is 14.2 Å². The Morgan fingerprint density at radius 1 is 0.795 bits per heavy atom. The van der Waals surface area contributed by atoms with Crippen LogP contribution in [0.25, 0.3) is 10.9 Å². The molecule has 1 N–H and O–H groups in total. The maximum Gasteiger partial charge on any atom is 0.419 e. The van der Waals surface area contributed by atoms with E-state index in [2.05, 4.69) is 4.98 Å². The Bertz CT molecular complexity index is 1560. The summed E-state index contributed by atoms with van der Waals surface area (Å²) in [4.78, 5) is 16.4. The van der Waals surface area contributed by atoms with Gasteiger partial charge >= 0.3 is 12.1 Å². The van der Waals surface area contributed by atoms with Crippen molar-refractivity contribution < 1.29 is 49.7 Å². The Morgan fingerprint density at radius 2 is 1.49 bits per heavy atom. The molecule has 0 aliphatic heterocycles. The predicted molar refractivity (Wildman–Crippen MR) is 125 cm³/mol. The maximum absolute atomic E-state index is 14.8. The summed E-state index contributed by atoms with van der Waals surface area (Å²) in [5, 5.41) is 1.99. The first kappa shape index (κ1) is 27.5. The third-order valence-electron chi connectivity index (χ3n) is 5.53. The van der Waals surface area contributed by atoms with E-state index in [0.29, 0.717) is 46.7 Å². The molecule has 3 aromatic carbocycles. The van der Waals surface area contributed by atoms with Crippen molar-refractivity contribution in [1.29, 1.82) is 0 Å². The molecule has 1 heterocycles. The van der Waals surface area contributed by atoms with E-state index >= 15 is 0 Å². The summed E-state index contributed by atoms with van der Waals surface area (Å²) in [5.74, 6) is -9.12. The van der Waals surface area contributed by atoms with Crippen LogP contribution in [-0.4, -0.2) is 25.1 Å². The summed E-state index contributed by atoms with van der Waals surface area (Å²) in [5.41, 5.74) is -3.46. The molecule has 4 rings (SSSR count). The normalized spacial score (nSPS) is 11.8. The number of aromatic nitrogens is 1. The summed E-state index contributed by atoms with van der Waals surface area (Å²) < 4.78 is 113. The molecule has 0 saturated heterocycles. The number of nitrogens with zero attached hydrogens (tertiary/aromatic N) is 1. The van der Waals surface area contributed by atoms with E-state index in [1.54, 1.807) is 17.4 Å². The lowest BCUT2D eigenvalue weighted by Crippen LogP contribution is -2.33. The number of fused-ring (bicyclic) bond motifs is 1. The fourth-order valence-electron chi connectivity index (χ4n) is 3.63. The Kier molecular flexibility index (Phi) is 7.27. The minimum atomic E-state index is -5.13. The van der Waals surface area contributed by atoms with Crippen LogP contribution in [0.4, 0.5) is 36.4 Å². The number of alkyl halides is 5. The van der Waals surface area contributed by atoms with Crippen molar-refractivity contribution >= 4 is 22.5 Å². The number of ether oxygens (including phenoxy) is 3. The number of hydrogen-bond acceptors (Lipinski definition) is 5. The third-order valence-corrected chi connectivity index (χ3v) is 5.53. The van der Waals surface area contributed by atoms with E-state index in [-0.39, 0.29) is 17.6 Å². The number of carbonyl (C=O) groups is 1. The van der Waals surface area contributed by atoms with Gasteiger partial charge < -0.3 is 19.5 Å². The zero-order valence-electron chi connectivity index (χ0n) is 20.0. The summed E-state index contributed by atoms with van der Waals surface area (Å²) in [6.07, 6.45) is -3.74. The van der Waals surface area contributed by atoms with Gasteiger partial charge in [0.15, 0.2) is 11.5 Å². The second kappa shape index (κ2) is 10.3. The van der Waals surface area contributed by atoms with Gasteiger partial charge in [-0.2, -0.15) is 22.0 Å². The Hall–Kier alpha value is -4.55. The van der Waals surface area contributed by atoms with E-state index < -0.39 is 46.5 Å². The molecule has 39 heavy (non-hydrogen) atoms. The van der Waals surface area contributed by atoms with Gasteiger partial charge in [-0.15, -0.1) is 0 Å². The van der Waals surface area contributed by atoms with Crippen molar-refractivity contribution in [1.82, 2.24) is 4.98 Å².